The third-order valence-electron chi connectivity index (χ3n) is 4.19. The van der Waals surface area contributed by atoms with E-state index in [1.54, 1.807) is 6.26 Å². The molecule has 0 bridgehead atoms. The van der Waals surface area contributed by atoms with E-state index in [2.05, 4.69) is 38.0 Å². The van der Waals surface area contributed by atoms with Gasteiger partial charge in [-0.15, -0.1) is 0 Å². The predicted molar refractivity (Wildman–Crippen MR) is 85.3 cm³/mol. The van der Waals surface area contributed by atoms with Gasteiger partial charge in [0.2, 0.25) is 0 Å². The van der Waals surface area contributed by atoms with E-state index in [-0.39, 0.29) is 5.54 Å². The minimum atomic E-state index is 0.161. The predicted octanol–water partition coefficient (Wildman–Crippen LogP) is 2.90. The molecular weight excluding hydrogens is 264 g/mol. The van der Waals surface area contributed by atoms with Crippen LogP contribution >= 0.6 is 0 Å². The number of nitrogens with one attached hydrogen (secondary N) is 1. The summed E-state index contributed by atoms with van der Waals surface area (Å²) < 4.78 is 10.7. The Labute approximate surface area is 128 Å². The number of nitrogens with zero attached hydrogens (tertiary/aromatic N) is 1. The summed E-state index contributed by atoms with van der Waals surface area (Å²) in [5.41, 5.74) is 1.71. The molecular formula is C17H30N2O2. The molecule has 21 heavy (non-hydrogen) atoms. The van der Waals surface area contributed by atoms with Crippen molar-refractivity contribution < 1.29 is 9.15 Å². The molecule has 0 unspecified atom stereocenters. The van der Waals surface area contributed by atoms with Crippen molar-refractivity contribution in [2.75, 3.05) is 33.4 Å². The van der Waals surface area contributed by atoms with Crippen LogP contribution in [0.15, 0.2) is 23.0 Å². The molecule has 1 aromatic rings. The Hall–Kier alpha value is -0.840. The van der Waals surface area contributed by atoms with Crippen molar-refractivity contribution >= 4 is 0 Å². The first kappa shape index (κ1) is 16.5. The minimum absolute atomic E-state index is 0.161. The maximum absolute atomic E-state index is 5.58. The SMILES string of the molecule is CN(Cc1ccoc1)CC1(CNC(C)(C)C)CCOCC1. The zero-order valence-corrected chi connectivity index (χ0v) is 13.9. The van der Waals surface area contributed by atoms with E-state index < -0.39 is 0 Å². The molecule has 0 saturated carbocycles. The van der Waals surface area contributed by atoms with Crippen molar-refractivity contribution in [3.05, 3.63) is 24.2 Å². The fourth-order valence-corrected chi connectivity index (χ4v) is 2.97. The summed E-state index contributed by atoms with van der Waals surface area (Å²) in [4.78, 5) is 2.40. The van der Waals surface area contributed by atoms with Gasteiger partial charge in [-0.3, -0.25) is 0 Å². The Morgan fingerprint density at radius 2 is 2.00 bits per heavy atom. The third kappa shape index (κ3) is 5.46. The molecule has 1 aliphatic heterocycles. The molecule has 0 atom stereocenters. The van der Waals surface area contributed by atoms with Crippen LogP contribution in [0.5, 0.6) is 0 Å². The normalized spacial score (nSPS) is 19.1. The first-order valence-electron chi connectivity index (χ1n) is 7.91. The Bertz CT molecular complexity index is 403. The summed E-state index contributed by atoms with van der Waals surface area (Å²) in [5, 5.41) is 3.70. The van der Waals surface area contributed by atoms with Gasteiger partial charge in [-0.1, -0.05) is 0 Å². The highest BCUT2D eigenvalue weighted by atomic mass is 16.5. The highest BCUT2D eigenvalue weighted by Crippen LogP contribution is 2.31. The molecule has 0 aliphatic carbocycles. The average Bonchev–Trinajstić information content (AvgIpc) is 2.89. The van der Waals surface area contributed by atoms with E-state index in [9.17, 15) is 0 Å². The molecule has 0 spiro atoms. The number of hydrogen-bond donors (Lipinski definition) is 1. The number of ether oxygens (including phenoxy) is 1. The Morgan fingerprint density at radius 1 is 1.29 bits per heavy atom. The molecule has 0 amide bonds. The van der Waals surface area contributed by atoms with Crippen molar-refractivity contribution in [3.63, 3.8) is 0 Å². The van der Waals surface area contributed by atoms with Crippen molar-refractivity contribution in [2.24, 2.45) is 5.41 Å². The first-order valence-corrected chi connectivity index (χ1v) is 7.91. The average molecular weight is 294 g/mol. The second kappa shape index (κ2) is 6.95. The number of furan rings is 1. The molecule has 1 N–H and O–H groups in total. The fraction of sp³-hybridized carbons (Fsp3) is 0.765. The first-order chi connectivity index (χ1) is 9.89. The quantitative estimate of drug-likeness (QED) is 0.875. The summed E-state index contributed by atoms with van der Waals surface area (Å²) in [6, 6.07) is 2.04. The molecule has 2 heterocycles. The summed E-state index contributed by atoms with van der Waals surface area (Å²) in [6.45, 7) is 11.5. The second-order valence-corrected chi connectivity index (χ2v) is 7.52. The van der Waals surface area contributed by atoms with Gasteiger partial charge in [-0.2, -0.15) is 0 Å². The van der Waals surface area contributed by atoms with Crippen LogP contribution in [0.25, 0.3) is 0 Å². The van der Waals surface area contributed by atoms with Gasteiger partial charge >= 0.3 is 0 Å². The smallest absolute Gasteiger partial charge is 0.0947 e. The highest BCUT2D eigenvalue weighted by molar-refractivity contribution is 5.05. The maximum Gasteiger partial charge on any atom is 0.0947 e. The maximum atomic E-state index is 5.58. The van der Waals surface area contributed by atoms with Gasteiger partial charge in [0.15, 0.2) is 0 Å². The van der Waals surface area contributed by atoms with E-state index in [4.69, 9.17) is 9.15 Å². The zero-order valence-electron chi connectivity index (χ0n) is 13.9. The molecule has 1 aliphatic rings. The van der Waals surface area contributed by atoms with Gasteiger partial charge in [0, 0.05) is 44.0 Å². The molecule has 0 radical (unpaired) electrons. The second-order valence-electron chi connectivity index (χ2n) is 7.52. The molecule has 120 valence electrons. The van der Waals surface area contributed by atoms with Crippen LogP contribution in [0.1, 0.15) is 39.2 Å². The highest BCUT2D eigenvalue weighted by Gasteiger charge is 2.34. The summed E-state index contributed by atoms with van der Waals surface area (Å²) in [6.07, 6.45) is 5.84. The lowest BCUT2D eigenvalue weighted by Crippen LogP contribution is -2.50. The lowest BCUT2D eigenvalue weighted by atomic mass is 9.79. The zero-order chi connectivity index (χ0) is 15.3. The summed E-state index contributed by atoms with van der Waals surface area (Å²) >= 11 is 0. The van der Waals surface area contributed by atoms with Crippen molar-refractivity contribution in [2.45, 2.75) is 45.7 Å². The number of rotatable bonds is 6. The molecule has 0 aromatic carbocycles. The van der Waals surface area contributed by atoms with E-state index >= 15 is 0 Å². The molecule has 4 nitrogen and oxygen atoms in total. The largest absolute Gasteiger partial charge is 0.472 e. The van der Waals surface area contributed by atoms with E-state index in [0.29, 0.717) is 5.41 Å². The minimum Gasteiger partial charge on any atom is -0.472 e. The number of hydrogen-bond acceptors (Lipinski definition) is 4. The van der Waals surface area contributed by atoms with Crippen molar-refractivity contribution in [1.82, 2.24) is 10.2 Å². The van der Waals surface area contributed by atoms with Gasteiger partial charge in [-0.25, -0.2) is 0 Å². The van der Waals surface area contributed by atoms with Crippen LogP contribution in [0.2, 0.25) is 0 Å². The fourth-order valence-electron chi connectivity index (χ4n) is 2.97. The third-order valence-corrected chi connectivity index (χ3v) is 4.19. The van der Waals surface area contributed by atoms with Gasteiger partial charge in [0.1, 0.15) is 0 Å². The standard InChI is InChI=1S/C17H30N2O2/c1-16(2,3)18-13-17(6-9-20-10-7-17)14-19(4)11-15-5-8-21-12-15/h5,8,12,18H,6-7,9-11,13-14H2,1-4H3. The lowest BCUT2D eigenvalue weighted by molar-refractivity contribution is -0.00439. The van der Waals surface area contributed by atoms with Gasteiger partial charge in [0.05, 0.1) is 12.5 Å². The van der Waals surface area contributed by atoms with Crippen molar-refractivity contribution in [3.8, 4) is 0 Å². The van der Waals surface area contributed by atoms with Crippen LogP contribution in [-0.4, -0.2) is 43.8 Å². The lowest BCUT2D eigenvalue weighted by Gasteiger charge is -2.42. The van der Waals surface area contributed by atoms with Crippen molar-refractivity contribution in [1.29, 1.82) is 0 Å². The van der Waals surface area contributed by atoms with Gasteiger partial charge in [-0.05, 0) is 52.1 Å². The van der Waals surface area contributed by atoms with Crippen LogP contribution in [0.3, 0.4) is 0 Å². The topological polar surface area (TPSA) is 37.6 Å². The molecule has 2 rings (SSSR count). The van der Waals surface area contributed by atoms with Crippen LogP contribution < -0.4 is 5.32 Å². The van der Waals surface area contributed by atoms with E-state index in [1.807, 2.05) is 12.3 Å². The van der Waals surface area contributed by atoms with Crippen LogP contribution in [0, 0.1) is 5.41 Å². The monoisotopic (exact) mass is 294 g/mol. The molecule has 1 fully saturated rings. The molecule has 1 saturated heterocycles. The Balaban J connectivity index is 1.94. The van der Waals surface area contributed by atoms with Gasteiger partial charge < -0.3 is 19.4 Å². The Kier molecular flexibility index (Phi) is 5.47. The van der Waals surface area contributed by atoms with Gasteiger partial charge in [0.25, 0.3) is 0 Å². The Morgan fingerprint density at radius 3 is 2.57 bits per heavy atom. The van der Waals surface area contributed by atoms with E-state index in [0.717, 1.165) is 45.7 Å². The molecule has 4 heteroatoms. The van der Waals surface area contributed by atoms with Crippen LogP contribution in [-0.2, 0) is 11.3 Å². The molecule has 1 aromatic heterocycles. The van der Waals surface area contributed by atoms with Crippen LogP contribution in [0.4, 0.5) is 0 Å². The summed E-state index contributed by atoms with van der Waals surface area (Å²) in [5.74, 6) is 0. The van der Waals surface area contributed by atoms with E-state index in [1.165, 1.54) is 5.56 Å². The summed E-state index contributed by atoms with van der Waals surface area (Å²) in [7, 11) is 2.20.